The minimum absolute atomic E-state index is 0. The van der Waals surface area contributed by atoms with Crippen molar-refractivity contribution in [2.45, 2.75) is 0 Å². The molecule has 0 aliphatic carbocycles. The molecule has 0 fully saturated rings. The Bertz CT molecular complexity index is 787. The molecule has 0 bridgehead atoms. The summed E-state index contributed by atoms with van der Waals surface area (Å²) < 4.78 is 30.1. The average molecular weight is 382 g/mol. The average Bonchev–Trinajstić information content (AvgIpc) is 2.45. The third-order valence-electron chi connectivity index (χ3n) is 2.58. The van der Waals surface area contributed by atoms with Crippen molar-refractivity contribution in [2.75, 3.05) is 0 Å². The van der Waals surface area contributed by atoms with E-state index >= 15 is 0 Å². The van der Waals surface area contributed by atoms with Gasteiger partial charge in [-0.15, -0.1) is 0 Å². The Morgan fingerprint density at radius 2 is 1.33 bits per heavy atom. The number of hydrogen-bond acceptors (Lipinski definition) is 5. The van der Waals surface area contributed by atoms with E-state index in [1.165, 1.54) is 24.3 Å². The number of phosphoric ester groups is 1. The van der Waals surface area contributed by atoms with Crippen LogP contribution in [-0.4, -0.2) is 50.0 Å². The van der Waals surface area contributed by atoms with E-state index in [0.29, 0.717) is 11.1 Å². The molecule has 0 heterocycles. The SMILES string of the molecule is O=C(c1ccccc1)c1ccc(OP(=O)(O)OP(=O)(O)O)cc1.[NaH]. The Kier molecular flexibility index (Phi) is 7.56. The first-order valence-electron chi connectivity index (χ1n) is 6.15. The number of phosphoric acid groups is 2. The van der Waals surface area contributed by atoms with Crippen molar-refractivity contribution in [1.29, 1.82) is 0 Å². The molecule has 0 aliphatic rings. The molecule has 2 rings (SSSR count). The molecular formula is C13H13NaO8P2. The molecule has 0 aromatic heterocycles. The monoisotopic (exact) mass is 382 g/mol. The van der Waals surface area contributed by atoms with Crippen molar-refractivity contribution in [3.8, 4) is 5.75 Å². The quantitative estimate of drug-likeness (QED) is 0.392. The van der Waals surface area contributed by atoms with Gasteiger partial charge >= 0.3 is 45.2 Å². The van der Waals surface area contributed by atoms with Crippen LogP contribution in [0.25, 0.3) is 0 Å². The molecule has 0 radical (unpaired) electrons. The Balaban J connectivity index is 0.00000288. The molecule has 24 heavy (non-hydrogen) atoms. The van der Waals surface area contributed by atoms with Gasteiger partial charge in [0.25, 0.3) is 0 Å². The van der Waals surface area contributed by atoms with Crippen LogP contribution >= 0.6 is 15.6 Å². The molecule has 0 amide bonds. The van der Waals surface area contributed by atoms with E-state index in [0.717, 1.165) is 0 Å². The van der Waals surface area contributed by atoms with Gasteiger partial charge in [-0.3, -0.25) is 9.69 Å². The molecule has 2 aromatic carbocycles. The molecule has 0 saturated heterocycles. The maximum atomic E-state index is 12.2. The molecule has 1 atom stereocenters. The molecule has 11 heteroatoms. The second-order valence-electron chi connectivity index (χ2n) is 4.35. The summed E-state index contributed by atoms with van der Waals surface area (Å²) in [5, 5.41) is 0. The zero-order valence-corrected chi connectivity index (χ0v) is 13.3. The molecule has 8 nitrogen and oxygen atoms in total. The van der Waals surface area contributed by atoms with Crippen LogP contribution < -0.4 is 4.52 Å². The van der Waals surface area contributed by atoms with Gasteiger partial charge in [0.15, 0.2) is 5.78 Å². The Hall–Kier alpha value is -0.790. The van der Waals surface area contributed by atoms with Crippen molar-refractivity contribution in [3.05, 3.63) is 65.7 Å². The molecule has 0 aliphatic heterocycles. The first kappa shape index (κ1) is 21.3. The van der Waals surface area contributed by atoms with Gasteiger partial charge in [0.2, 0.25) is 0 Å². The fraction of sp³-hybridized carbons (Fsp3) is 0. The first-order chi connectivity index (χ1) is 10.7. The van der Waals surface area contributed by atoms with Crippen LogP contribution in [0.4, 0.5) is 0 Å². The van der Waals surface area contributed by atoms with Crippen LogP contribution in [0, 0.1) is 0 Å². The molecule has 2 aromatic rings. The van der Waals surface area contributed by atoms with Crippen molar-refractivity contribution in [2.24, 2.45) is 0 Å². The predicted molar refractivity (Wildman–Crippen MR) is 87.0 cm³/mol. The first-order valence-corrected chi connectivity index (χ1v) is 9.18. The van der Waals surface area contributed by atoms with Crippen LogP contribution in [0.3, 0.4) is 0 Å². The van der Waals surface area contributed by atoms with Gasteiger partial charge in [0.1, 0.15) is 5.75 Å². The number of benzene rings is 2. The fourth-order valence-corrected chi connectivity index (χ4v) is 3.30. The second kappa shape index (κ2) is 8.54. The molecule has 124 valence electrons. The molecule has 1 unspecified atom stereocenters. The van der Waals surface area contributed by atoms with Crippen molar-refractivity contribution in [1.82, 2.24) is 0 Å². The number of ketones is 1. The van der Waals surface area contributed by atoms with Gasteiger partial charge in [-0.2, -0.15) is 4.31 Å². The summed E-state index contributed by atoms with van der Waals surface area (Å²) >= 11 is 0. The van der Waals surface area contributed by atoms with Crippen LogP contribution in [-0.2, 0) is 13.4 Å². The number of hydrogen-bond donors (Lipinski definition) is 3. The summed E-state index contributed by atoms with van der Waals surface area (Å²) in [6.07, 6.45) is 0. The van der Waals surface area contributed by atoms with E-state index in [1.807, 2.05) is 0 Å². The Morgan fingerprint density at radius 1 is 0.833 bits per heavy atom. The van der Waals surface area contributed by atoms with Crippen LogP contribution in [0.2, 0.25) is 0 Å². The molecular weight excluding hydrogens is 369 g/mol. The fourth-order valence-electron chi connectivity index (χ4n) is 1.71. The van der Waals surface area contributed by atoms with Gasteiger partial charge in [0, 0.05) is 11.1 Å². The summed E-state index contributed by atoms with van der Waals surface area (Å²) in [7, 11) is -10.2. The van der Waals surface area contributed by atoms with Gasteiger partial charge in [0.05, 0.1) is 0 Å². The summed E-state index contributed by atoms with van der Waals surface area (Å²) in [6.45, 7) is 0. The van der Waals surface area contributed by atoms with Gasteiger partial charge in [-0.25, -0.2) is 9.13 Å². The van der Waals surface area contributed by atoms with Crippen molar-refractivity contribution in [3.63, 3.8) is 0 Å². The van der Waals surface area contributed by atoms with E-state index < -0.39 is 15.6 Å². The molecule has 3 N–H and O–H groups in total. The molecule has 0 saturated carbocycles. The normalized spacial score (nSPS) is 13.5. The summed E-state index contributed by atoms with van der Waals surface area (Å²) in [5.74, 6) is -0.440. The molecule has 0 spiro atoms. The van der Waals surface area contributed by atoms with E-state index in [9.17, 15) is 18.8 Å². The number of rotatable bonds is 6. The zero-order valence-electron chi connectivity index (χ0n) is 11.5. The van der Waals surface area contributed by atoms with Gasteiger partial charge in [-0.1, -0.05) is 30.3 Å². The number of carbonyl (C=O) groups excluding carboxylic acids is 1. The number of carbonyl (C=O) groups is 1. The summed E-state index contributed by atoms with van der Waals surface area (Å²) in [6, 6.07) is 13.6. The van der Waals surface area contributed by atoms with Crippen molar-refractivity contribution >= 4 is 51.0 Å². The zero-order chi connectivity index (χ0) is 17.1. The Morgan fingerprint density at radius 3 is 1.83 bits per heavy atom. The standard InChI is InChI=1S/C13H12O8P2.Na.H/c14-13(10-4-2-1-3-5-10)11-6-8-12(9-7-11)20-23(18,19)21-22(15,16)17;;/h1-9H,(H,18,19)(H2,15,16,17);;. The predicted octanol–water partition coefficient (Wildman–Crippen LogP) is 1.86. The van der Waals surface area contributed by atoms with E-state index in [4.69, 9.17) is 9.79 Å². The second-order valence-corrected chi connectivity index (χ2v) is 7.11. The van der Waals surface area contributed by atoms with Gasteiger partial charge < -0.3 is 14.3 Å². The third kappa shape index (κ3) is 6.61. The topological polar surface area (TPSA) is 130 Å². The van der Waals surface area contributed by atoms with E-state index in [-0.39, 0.29) is 41.1 Å². The van der Waals surface area contributed by atoms with Crippen LogP contribution in [0.1, 0.15) is 15.9 Å². The van der Waals surface area contributed by atoms with Crippen LogP contribution in [0.15, 0.2) is 54.6 Å². The van der Waals surface area contributed by atoms with Gasteiger partial charge in [-0.05, 0) is 24.3 Å². The summed E-state index contributed by atoms with van der Waals surface area (Å²) in [5.41, 5.74) is 0.783. The van der Waals surface area contributed by atoms with Crippen molar-refractivity contribution < 1.29 is 37.4 Å². The van der Waals surface area contributed by atoms with E-state index in [2.05, 4.69) is 8.83 Å². The minimum atomic E-state index is -5.18. The van der Waals surface area contributed by atoms with E-state index in [1.54, 1.807) is 30.3 Å². The van der Waals surface area contributed by atoms with Crippen LogP contribution in [0.5, 0.6) is 5.75 Å². The summed E-state index contributed by atoms with van der Waals surface area (Å²) in [4.78, 5) is 38.4. The maximum absolute atomic E-state index is 12.2. The Labute approximate surface area is 159 Å². The third-order valence-corrected chi connectivity index (χ3v) is 4.70.